The minimum absolute atomic E-state index is 0.107. The first-order valence-electron chi connectivity index (χ1n) is 6.51. The number of carbonyl (C=O) groups is 1. The molecule has 2 heterocycles. The maximum Gasteiger partial charge on any atom is 0.307 e. The van der Waals surface area contributed by atoms with Gasteiger partial charge in [0.05, 0.1) is 5.92 Å². The lowest BCUT2D eigenvalue weighted by Gasteiger charge is -2.37. The molecular weight excluding hydrogens is 288 g/mol. The van der Waals surface area contributed by atoms with Crippen LogP contribution in [-0.2, 0) is 15.0 Å². The highest BCUT2D eigenvalue weighted by Gasteiger charge is 2.37. The number of thioether (sulfide) groups is 1. The molecule has 0 aromatic carbocycles. The number of rotatable bonds is 3. The smallest absolute Gasteiger partial charge is 0.307 e. The largest absolute Gasteiger partial charge is 0.481 e. The summed E-state index contributed by atoms with van der Waals surface area (Å²) in [6.45, 7) is 3.59. The molecule has 0 bridgehead atoms. The summed E-state index contributed by atoms with van der Waals surface area (Å²) in [5.74, 6) is -0.668. The van der Waals surface area contributed by atoms with Gasteiger partial charge in [0.15, 0.2) is 0 Å². The van der Waals surface area contributed by atoms with Gasteiger partial charge >= 0.3 is 5.97 Å². The molecule has 2 aliphatic rings. The van der Waals surface area contributed by atoms with Crippen LogP contribution in [0.5, 0.6) is 0 Å². The molecule has 8 heteroatoms. The van der Waals surface area contributed by atoms with E-state index in [0.29, 0.717) is 37.7 Å². The fourth-order valence-electron chi connectivity index (χ4n) is 2.51. The number of nitrogens with zero attached hydrogens (tertiary/aromatic N) is 2. The Hall–Kier alpha value is -0.310. The van der Waals surface area contributed by atoms with Crippen molar-refractivity contribution in [2.75, 3.05) is 31.9 Å². The van der Waals surface area contributed by atoms with Crippen LogP contribution in [0.25, 0.3) is 0 Å². The van der Waals surface area contributed by atoms with Crippen molar-refractivity contribution < 1.29 is 18.3 Å². The monoisotopic (exact) mass is 308 g/mol. The van der Waals surface area contributed by atoms with E-state index in [1.807, 2.05) is 6.92 Å². The summed E-state index contributed by atoms with van der Waals surface area (Å²) in [4.78, 5) is 11.0. The normalized spacial score (nSPS) is 31.2. The Bertz CT molecular complexity index is 440. The van der Waals surface area contributed by atoms with Gasteiger partial charge in [-0.2, -0.15) is 28.8 Å². The highest BCUT2D eigenvalue weighted by molar-refractivity contribution is 8.00. The summed E-state index contributed by atoms with van der Waals surface area (Å²) < 4.78 is 27.9. The Labute approximate surface area is 118 Å². The molecule has 0 aromatic rings. The molecule has 2 unspecified atom stereocenters. The van der Waals surface area contributed by atoms with E-state index in [9.17, 15) is 13.2 Å². The number of piperidine rings is 1. The summed E-state index contributed by atoms with van der Waals surface area (Å²) in [7, 11) is -3.49. The van der Waals surface area contributed by atoms with Crippen molar-refractivity contribution in [3.05, 3.63) is 0 Å². The van der Waals surface area contributed by atoms with E-state index in [0.717, 1.165) is 5.75 Å². The number of hydrogen-bond donors (Lipinski definition) is 1. The van der Waals surface area contributed by atoms with Gasteiger partial charge in [-0.1, -0.05) is 6.92 Å². The summed E-state index contributed by atoms with van der Waals surface area (Å²) in [6.07, 6.45) is 1.18. The number of hydrogen-bond acceptors (Lipinski definition) is 4. The molecule has 19 heavy (non-hydrogen) atoms. The molecule has 0 saturated carbocycles. The average Bonchev–Trinajstić information content (AvgIpc) is 2.39. The van der Waals surface area contributed by atoms with Crippen LogP contribution in [0.15, 0.2) is 0 Å². The Kier molecular flexibility index (Phi) is 4.75. The van der Waals surface area contributed by atoms with Gasteiger partial charge in [-0.3, -0.25) is 4.79 Å². The first-order chi connectivity index (χ1) is 8.91. The second-order valence-electron chi connectivity index (χ2n) is 5.08. The van der Waals surface area contributed by atoms with Crippen LogP contribution in [0.1, 0.15) is 19.8 Å². The lowest BCUT2D eigenvalue weighted by Crippen LogP contribution is -2.52. The molecule has 2 rings (SSSR count). The first kappa shape index (κ1) is 15.1. The van der Waals surface area contributed by atoms with Gasteiger partial charge in [0.2, 0.25) is 0 Å². The van der Waals surface area contributed by atoms with Crippen molar-refractivity contribution in [3.63, 3.8) is 0 Å². The van der Waals surface area contributed by atoms with E-state index in [1.165, 1.54) is 8.61 Å². The van der Waals surface area contributed by atoms with E-state index in [4.69, 9.17) is 5.11 Å². The van der Waals surface area contributed by atoms with E-state index in [-0.39, 0.29) is 6.54 Å². The molecule has 0 aliphatic carbocycles. The zero-order valence-electron chi connectivity index (χ0n) is 11.0. The van der Waals surface area contributed by atoms with Gasteiger partial charge in [-0.15, -0.1) is 0 Å². The quantitative estimate of drug-likeness (QED) is 0.820. The number of carboxylic acids is 1. The first-order valence-corrected chi connectivity index (χ1v) is 8.95. The van der Waals surface area contributed by atoms with Gasteiger partial charge in [0.25, 0.3) is 10.2 Å². The molecule has 0 aromatic heterocycles. The van der Waals surface area contributed by atoms with Crippen LogP contribution < -0.4 is 0 Å². The summed E-state index contributed by atoms with van der Waals surface area (Å²) in [5.41, 5.74) is 0. The Morgan fingerprint density at radius 1 is 1.26 bits per heavy atom. The Morgan fingerprint density at radius 3 is 2.58 bits per heavy atom. The fourth-order valence-corrected chi connectivity index (χ4v) is 5.53. The SMILES string of the molecule is CC1CN(S(=O)(=O)N2CCCC(C(=O)O)C2)CCS1. The molecule has 110 valence electrons. The minimum Gasteiger partial charge on any atom is -0.481 e. The van der Waals surface area contributed by atoms with Crippen LogP contribution in [0, 0.1) is 5.92 Å². The van der Waals surface area contributed by atoms with Crippen molar-refractivity contribution in [2.45, 2.75) is 25.0 Å². The summed E-state index contributed by atoms with van der Waals surface area (Å²) in [5, 5.41) is 9.33. The number of carboxylic acid groups (broad SMARTS) is 1. The van der Waals surface area contributed by atoms with Crippen molar-refractivity contribution in [1.82, 2.24) is 8.61 Å². The standard InChI is InChI=1S/C11H20N2O4S2/c1-9-7-13(5-6-18-9)19(16,17)12-4-2-3-10(8-12)11(14)15/h9-10H,2-8H2,1H3,(H,14,15). The second kappa shape index (κ2) is 5.99. The third kappa shape index (κ3) is 3.42. The topological polar surface area (TPSA) is 77.9 Å². The lowest BCUT2D eigenvalue weighted by atomic mass is 10.0. The molecule has 0 radical (unpaired) electrons. The van der Waals surface area contributed by atoms with E-state index < -0.39 is 22.1 Å². The summed E-state index contributed by atoms with van der Waals surface area (Å²) in [6, 6.07) is 0. The van der Waals surface area contributed by atoms with Crippen molar-refractivity contribution in [2.24, 2.45) is 5.92 Å². The number of aliphatic carboxylic acids is 1. The molecule has 1 N–H and O–H groups in total. The predicted octanol–water partition coefficient (Wildman–Crippen LogP) is 0.465. The minimum atomic E-state index is -3.49. The second-order valence-corrected chi connectivity index (χ2v) is 8.56. The molecule has 2 fully saturated rings. The highest BCUT2D eigenvalue weighted by atomic mass is 32.2. The maximum absolute atomic E-state index is 12.5. The predicted molar refractivity (Wildman–Crippen MR) is 74.3 cm³/mol. The summed E-state index contributed by atoms with van der Waals surface area (Å²) >= 11 is 1.77. The van der Waals surface area contributed by atoms with Gasteiger partial charge < -0.3 is 5.11 Å². The molecule has 2 saturated heterocycles. The molecular formula is C11H20N2O4S2. The Morgan fingerprint density at radius 2 is 1.95 bits per heavy atom. The fraction of sp³-hybridized carbons (Fsp3) is 0.909. The van der Waals surface area contributed by atoms with E-state index in [1.54, 1.807) is 11.8 Å². The van der Waals surface area contributed by atoms with Gasteiger partial charge in [0.1, 0.15) is 0 Å². The molecule has 2 atom stereocenters. The Balaban J connectivity index is 2.08. The molecule has 2 aliphatic heterocycles. The van der Waals surface area contributed by atoms with E-state index in [2.05, 4.69) is 0 Å². The van der Waals surface area contributed by atoms with Crippen molar-refractivity contribution in [1.29, 1.82) is 0 Å². The third-order valence-electron chi connectivity index (χ3n) is 3.59. The van der Waals surface area contributed by atoms with Crippen LogP contribution in [0.2, 0.25) is 0 Å². The van der Waals surface area contributed by atoms with Gasteiger partial charge in [-0.25, -0.2) is 0 Å². The van der Waals surface area contributed by atoms with E-state index >= 15 is 0 Å². The average molecular weight is 308 g/mol. The lowest BCUT2D eigenvalue weighted by molar-refractivity contribution is -0.142. The zero-order chi connectivity index (χ0) is 14.0. The van der Waals surface area contributed by atoms with Crippen LogP contribution >= 0.6 is 11.8 Å². The van der Waals surface area contributed by atoms with Crippen molar-refractivity contribution in [3.8, 4) is 0 Å². The zero-order valence-corrected chi connectivity index (χ0v) is 12.6. The van der Waals surface area contributed by atoms with Crippen LogP contribution in [-0.4, -0.2) is 65.3 Å². The van der Waals surface area contributed by atoms with Crippen molar-refractivity contribution >= 4 is 27.9 Å². The van der Waals surface area contributed by atoms with Gasteiger partial charge in [0, 0.05) is 37.2 Å². The molecule has 0 spiro atoms. The van der Waals surface area contributed by atoms with Crippen LogP contribution in [0.4, 0.5) is 0 Å². The molecule has 0 amide bonds. The maximum atomic E-state index is 12.5. The highest BCUT2D eigenvalue weighted by Crippen LogP contribution is 2.25. The van der Waals surface area contributed by atoms with Gasteiger partial charge in [-0.05, 0) is 12.8 Å². The van der Waals surface area contributed by atoms with Crippen LogP contribution in [0.3, 0.4) is 0 Å². The third-order valence-corrected chi connectivity index (χ3v) is 6.69. The molecule has 6 nitrogen and oxygen atoms in total.